The van der Waals surface area contributed by atoms with E-state index in [1.54, 1.807) is 25.4 Å². The topological polar surface area (TPSA) is 96.4 Å². The molecule has 0 saturated carbocycles. The lowest BCUT2D eigenvalue weighted by Crippen LogP contribution is -2.26. The van der Waals surface area contributed by atoms with Gasteiger partial charge in [0.1, 0.15) is 0 Å². The molecule has 10 heteroatoms. The molecule has 0 atom stereocenters. The molecule has 0 unspecified atom stereocenters. The van der Waals surface area contributed by atoms with E-state index in [0.717, 1.165) is 4.88 Å². The van der Waals surface area contributed by atoms with Crippen molar-refractivity contribution in [1.82, 2.24) is 9.88 Å². The second-order valence-corrected chi connectivity index (χ2v) is 9.99. The van der Waals surface area contributed by atoms with Gasteiger partial charge >= 0.3 is 0 Å². The molecule has 148 valence electrons. The van der Waals surface area contributed by atoms with Crippen molar-refractivity contribution in [3.63, 3.8) is 0 Å². The van der Waals surface area contributed by atoms with E-state index in [1.165, 1.54) is 46.6 Å². The number of hydrogen-bond donors (Lipinski definition) is 1. The molecule has 0 bridgehead atoms. The monoisotopic (exact) mass is 447 g/mol. The van der Waals surface area contributed by atoms with E-state index in [9.17, 15) is 18.0 Å². The first kappa shape index (κ1) is 19.6. The predicted molar refractivity (Wildman–Crippen MR) is 109 cm³/mol. The molecular formula is C19H14ClN3O4S2. The number of nitrogens with zero attached hydrogens (tertiary/aromatic N) is 2. The van der Waals surface area contributed by atoms with Crippen molar-refractivity contribution in [2.75, 3.05) is 12.4 Å². The Bertz CT molecular complexity index is 1250. The number of hydrogen-bond acceptors (Lipinski definition) is 6. The van der Waals surface area contributed by atoms with E-state index >= 15 is 0 Å². The van der Waals surface area contributed by atoms with Crippen LogP contribution < -0.4 is 5.32 Å². The highest BCUT2D eigenvalue weighted by Gasteiger charge is 2.31. The molecule has 0 saturated heterocycles. The summed E-state index contributed by atoms with van der Waals surface area (Å²) >= 11 is 7.09. The molecule has 2 heterocycles. The fraction of sp³-hybridized carbons (Fsp3) is 0.105. The quantitative estimate of drug-likeness (QED) is 0.663. The number of carbonyl (C=O) groups excluding carboxylic acids is 2. The number of sulfone groups is 1. The molecule has 0 radical (unpaired) electrons. The molecule has 3 aromatic rings. The highest BCUT2D eigenvalue weighted by Crippen LogP contribution is 2.34. The van der Waals surface area contributed by atoms with Gasteiger partial charge in [0.2, 0.25) is 9.84 Å². The number of carbonyl (C=O) groups is 2. The Hall–Kier alpha value is -2.75. The molecule has 0 fully saturated rings. The zero-order valence-corrected chi connectivity index (χ0v) is 17.4. The van der Waals surface area contributed by atoms with Crippen molar-refractivity contribution in [1.29, 1.82) is 0 Å². The average molecular weight is 448 g/mol. The molecule has 1 aliphatic heterocycles. The number of rotatable bonds is 3. The number of fused-ring (bicyclic) bond motifs is 2. The summed E-state index contributed by atoms with van der Waals surface area (Å²) in [5, 5.41) is 2.61. The van der Waals surface area contributed by atoms with Crippen LogP contribution in [0.2, 0.25) is 4.47 Å². The molecule has 2 amide bonds. The summed E-state index contributed by atoms with van der Waals surface area (Å²) < 4.78 is 26.4. The maximum Gasteiger partial charge on any atom is 0.257 e. The molecule has 7 nitrogen and oxygen atoms in total. The number of benzene rings is 2. The van der Waals surface area contributed by atoms with Crippen molar-refractivity contribution < 1.29 is 18.0 Å². The van der Waals surface area contributed by atoms with Gasteiger partial charge in [-0.15, -0.1) is 11.3 Å². The third-order valence-corrected chi connectivity index (χ3v) is 7.42. The van der Waals surface area contributed by atoms with E-state index in [1.807, 2.05) is 0 Å². The largest absolute Gasteiger partial charge is 0.337 e. The van der Waals surface area contributed by atoms with Crippen LogP contribution in [-0.2, 0) is 16.4 Å². The van der Waals surface area contributed by atoms with E-state index in [4.69, 9.17) is 11.6 Å². The van der Waals surface area contributed by atoms with Gasteiger partial charge in [-0.05, 0) is 30.3 Å². The Morgan fingerprint density at radius 2 is 1.97 bits per heavy atom. The Morgan fingerprint density at radius 3 is 2.69 bits per heavy atom. The van der Waals surface area contributed by atoms with Crippen molar-refractivity contribution >= 4 is 50.3 Å². The summed E-state index contributed by atoms with van der Waals surface area (Å²) in [7, 11) is -2.29. The zero-order chi connectivity index (χ0) is 20.8. The number of anilines is 1. The standard InChI is InChI=1S/C19H14ClN3O4S2/c1-23(10-12-9-21-19(20)28-12)18(25)11-6-7-16-14(8-11)22-17(24)13-4-2-3-5-15(13)29(16,26)27/h2-9H,10H2,1H3,(H,22,24). The van der Waals surface area contributed by atoms with Crippen LogP contribution in [0.25, 0.3) is 0 Å². The Morgan fingerprint density at radius 1 is 1.21 bits per heavy atom. The van der Waals surface area contributed by atoms with Crippen LogP contribution in [0, 0.1) is 0 Å². The maximum absolute atomic E-state index is 13.0. The van der Waals surface area contributed by atoms with Gasteiger partial charge in [0.05, 0.1) is 27.6 Å². The minimum atomic E-state index is -3.91. The third-order valence-electron chi connectivity index (χ3n) is 4.45. The first-order valence-electron chi connectivity index (χ1n) is 8.42. The summed E-state index contributed by atoms with van der Waals surface area (Å²) in [5.74, 6) is -0.870. The van der Waals surface area contributed by atoms with E-state index in [-0.39, 0.29) is 32.5 Å². The van der Waals surface area contributed by atoms with Crippen LogP contribution >= 0.6 is 22.9 Å². The third kappa shape index (κ3) is 3.52. The summed E-state index contributed by atoms with van der Waals surface area (Å²) in [5.41, 5.74) is 0.394. The summed E-state index contributed by atoms with van der Waals surface area (Å²) in [6, 6.07) is 10.2. The minimum absolute atomic E-state index is 0.0516. The number of nitrogens with one attached hydrogen (secondary N) is 1. The van der Waals surface area contributed by atoms with Gasteiger partial charge in [-0.2, -0.15) is 0 Å². The summed E-state index contributed by atoms with van der Waals surface area (Å²) in [6.07, 6.45) is 1.60. The molecule has 2 aromatic carbocycles. The molecule has 29 heavy (non-hydrogen) atoms. The van der Waals surface area contributed by atoms with E-state index < -0.39 is 15.7 Å². The predicted octanol–water partition coefficient (Wildman–Crippen LogP) is 3.47. The summed E-state index contributed by atoms with van der Waals surface area (Å²) in [6.45, 7) is 0.302. The Balaban J connectivity index is 1.70. The first-order chi connectivity index (χ1) is 13.8. The van der Waals surface area contributed by atoms with Gasteiger partial charge < -0.3 is 10.2 Å². The van der Waals surface area contributed by atoms with Crippen LogP contribution in [0.4, 0.5) is 5.69 Å². The average Bonchev–Trinajstić information content (AvgIpc) is 3.08. The van der Waals surface area contributed by atoms with Crippen LogP contribution in [0.1, 0.15) is 25.6 Å². The van der Waals surface area contributed by atoms with Gasteiger partial charge in [-0.3, -0.25) is 9.59 Å². The smallest absolute Gasteiger partial charge is 0.257 e. The summed E-state index contributed by atoms with van der Waals surface area (Å²) in [4.78, 5) is 31.4. The number of halogens is 1. The van der Waals surface area contributed by atoms with Gasteiger partial charge in [-0.25, -0.2) is 13.4 Å². The fourth-order valence-electron chi connectivity index (χ4n) is 3.07. The lowest BCUT2D eigenvalue weighted by molar-refractivity contribution is 0.0786. The maximum atomic E-state index is 13.0. The molecule has 0 aliphatic carbocycles. The molecular weight excluding hydrogens is 434 g/mol. The highest BCUT2D eigenvalue weighted by molar-refractivity contribution is 7.91. The fourth-order valence-corrected chi connectivity index (χ4v) is 5.70. The Labute approximate surface area is 175 Å². The number of aromatic nitrogens is 1. The normalized spacial score (nSPS) is 14.3. The van der Waals surface area contributed by atoms with E-state index in [2.05, 4.69) is 10.3 Å². The molecule has 1 aromatic heterocycles. The SMILES string of the molecule is CN(Cc1cnc(Cl)s1)C(=O)c1ccc2c(c1)NC(=O)c1ccccc1S2(=O)=O. The van der Waals surface area contributed by atoms with Crippen molar-refractivity contribution in [2.45, 2.75) is 16.3 Å². The Kier molecular flexibility index (Phi) is 4.89. The molecule has 1 aliphatic rings. The van der Waals surface area contributed by atoms with Crippen LogP contribution in [-0.4, -0.2) is 37.2 Å². The lowest BCUT2D eigenvalue weighted by atomic mass is 10.1. The van der Waals surface area contributed by atoms with Gasteiger partial charge in [-0.1, -0.05) is 23.7 Å². The zero-order valence-electron chi connectivity index (χ0n) is 15.0. The van der Waals surface area contributed by atoms with Gasteiger partial charge in [0, 0.05) is 23.7 Å². The molecule has 4 rings (SSSR count). The minimum Gasteiger partial charge on any atom is -0.337 e. The number of amides is 2. The second-order valence-electron chi connectivity index (χ2n) is 6.41. The van der Waals surface area contributed by atoms with Crippen molar-refractivity contribution in [3.05, 3.63) is 69.1 Å². The highest BCUT2D eigenvalue weighted by atomic mass is 35.5. The van der Waals surface area contributed by atoms with Crippen LogP contribution in [0.3, 0.4) is 0 Å². The second kappa shape index (κ2) is 7.25. The molecule has 1 N–H and O–H groups in total. The molecule has 0 spiro atoms. The lowest BCUT2D eigenvalue weighted by Gasteiger charge is -2.17. The van der Waals surface area contributed by atoms with Gasteiger partial charge in [0.15, 0.2) is 4.47 Å². The van der Waals surface area contributed by atoms with Crippen molar-refractivity contribution in [2.24, 2.45) is 0 Å². The van der Waals surface area contributed by atoms with Crippen molar-refractivity contribution in [3.8, 4) is 0 Å². The first-order valence-corrected chi connectivity index (χ1v) is 11.1. The van der Waals surface area contributed by atoms with Crippen LogP contribution in [0.5, 0.6) is 0 Å². The van der Waals surface area contributed by atoms with E-state index in [0.29, 0.717) is 11.0 Å². The van der Waals surface area contributed by atoms with Crippen LogP contribution in [0.15, 0.2) is 58.5 Å². The number of thiazole rings is 1. The van der Waals surface area contributed by atoms with Gasteiger partial charge in [0.25, 0.3) is 11.8 Å².